The van der Waals surface area contributed by atoms with Gasteiger partial charge in [-0.2, -0.15) is 4.52 Å². The predicted octanol–water partition coefficient (Wildman–Crippen LogP) is 4.73. The van der Waals surface area contributed by atoms with Crippen LogP contribution in [0, 0.1) is 0 Å². The van der Waals surface area contributed by atoms with Gasteiger partial charge in [0.25, 0.3) is 0 Å². The van der Waals surface area contributed by atoms with Crippen molar-refractivity contribution in [2.45, 2.75) is 51.5 Å². The van der Waals surface area contributed by atoms with Crippen LogP contribution >= 0.6 is 11.3 Å². The molecule has 1 aliphatic heterocycles. The normalized spacial score (nSPS) is 18.9. The SMILES string of the molecule is CCCN1CCN(c2nn3c(NC4CCCCC4)c(-c4ccccc4)nc3s2)CC1. The van der Waals surface area contributed by atoms with Gasteiger partial charge in [-0.05, 0) is 25.8 Å². The van der Waals surface area contributed by atoms with Crippen LogP contribution in [0.2, 0.25) is 0 Å². The van der Waals surface area contributed by atoms with Crippen LogP contribution in [0.15, 0.2) is 30.3 Å². The van der Waals surface area contributed by atoms with Crippen LogP contribution in [0.4, 0.5) is 10.9 Å². The molecule has 0 amide bonds. The topological polar surface area (TPSA) is 48.7 Å². The lowest BCUT2D eigenvalue weighted by atomic mass is 9.95. The summed E-state index contributed by atoms with van der Waals surface area (Å²) < 4.78 is 2.06. The molecule has 0 unspecified atom stereocenters. The molecule has 0 bridgehead atoms. The minimum atomic E-state index is 0.517. The molecule has 2 aliphatic rings. The third kappa shape index (κ3) is 4.05. The Morgan fingerprint density at radius 2 is 1.80 bits per heavy atom. The van der Waals surface area contributed by atoms with Crippen molar-refractivity contribution in [1.82, 2.24) is 19.5 Å². The van der Waals surface area contributed by atoms with E-state index in [1.54, 1.807) is 11.3 Å². The zero-order valence-electron chi connectivity index (χ0n) is 17.9. The van der Waals surface area contributed by atoms with Gasteiger partial charge in [-0.3, -0.25) is 4.90 Å². The highest BCUT2D eigenvalue weighted by Crippen LogP contribution is 2.35. The molecule has 3 aromatic rings. The number of hydrogen-bond donors (Lipinski definition) is 1. The lowest BCUT2D eigenvalue weighted by molar-refractivity contribution is 0.258. The number of benzene rings is 1. The second-order valence-corrected chi connectivity index (χ2v) is 9.50. The quantitative estimate of drug-likeness (QED) is 0.620. The van der Waals surface area contributed by atoms with E-state index < -0.39 is 0 Å². The van der Waals surface area contributed by atoms with Gasteiger partial charge >= 0.3 is 0 Å². The first-order chi connectivity index (χ1) is 14.8. The third-order valence-electron chi connectivity index (χ3n) is 6.37. The number of piperazine rings is 1. The van der Waals surface area contributed by atoms with Crippen LogP contribution in [0.5, 0.6) is 0 Å². The van der Waals surface area contributed by atoms with Crippen molar-refractivity contribution in [2.24, 2.45) is 0 Å². The monoisotopic (exact) mass is 424 g/mol. The first-order valence-electron chi connectivity index (χ1n) is 11.5. The minimum absolute atomic E-state index is 0.517. The number of nitrogens with zero attached hydrogens (tertiary/aromatic N) is 5. The van der Waals surface area contributed by atoms with Gasteiger partial charge in [0.15, 0.2) is 5.82 Å². The Hall–Kier alpha value is -2.12. The van der Waals surface area contributed by atoms with Crippen LogP contribution in [-0.4, -0.2) is 58.3 Å². The molecule has 1 saturated heterocycles. The molecule has 2 fully saturated rings. The number of anilines is 2. The molecule has 0 atom stereocenters. The summed E-state index contributed by atoms with van der Waals surface area (Å²) in [5, 5.41) is 9.96. The number of fused-ring (bicyclic) bond motifs is 1. The Bertz CT molecular complexity index is 951. The molecule has 5 rings (SSSR count). The molecular weight excluding hydrogens is 392 g/mol. The Labute approximate surface area is 182 Å². The Morgan fingerprint density at radius 3 is 2.53 bits per heavy atom. The lowest BCUT2D eigenvalue weighted by Crippen LogP contribution is -2.46. The molecule has 30 heavy (non-hydrogen) atoms. The van der Waals surface area contributed by atoms with E-state index in [2.05, 4.69) is 56.9 Å². The summed E-state index contributed by atoms with van der Waals surface area (Å²) in [4.78, 5) is 11.0. The average Bonchev–Trinajstić information content (AvgIpc) is 3.35. The molecule has 2 aromatic heterocycles. The van der Waals surface area contributed by atoms with E-state index in [0.717, 1.165) is 53.3 Å². The highest BCUT2D eigenvalue weighted by Gasteiger charge is 2.25. The van der Waals surface area contributed by atoms with E-state index in [1.165, 1.54) is 45.1 Å². The van der Waals surface area contributed by atoms with Crippen molar-refractivity contribution in [2.75, 3.05) is 42.9 Å². The molecule has 1 aromatic carbocycles. The van der Waals surface area contributed by atoms with E-state index in [1.807, 2.05) is 0 Å². The lowest BCUT2D eigenvalue weighted by Gasteiger charge is -2.34. The van der Waals surface area contributed by atoms with E-state index in [-0.39, 0.29) is 0 Å². The molecule has 7 heteroatoms. The van der Waals surface area contributed by atoms with Crippen LogP contribution in [0.25, 0.3) is 16.2 Å². The Balaban J connectivity index is 1.44. The molecule has 3 heterocycles. The van der Waals surface area contributed by atoms with Crippen molar-refractivity contribution in [3.8, 4) is 11.3 Å². The summed E-state index contributed by atoms with van der Waals surface area (Å²) in [6, 6.07) is 11.0. The summed E-state index contributed by atoms with van der Waals surface area (Å²) in [7, 11) is 0. The molecule has 0 spiro atoms. The van der Waals surface area contributed by atoms with Gasteiger partial charge in [-0.15, -0.1) is 5.10 Å². The maximum Gasteiger partial charge on any atom is 0.216 e. The molecule has 6 nitrogen and oxygen atoms in total. The van der Waals surface area contributed by atoms with Gasteiger partial charge < -0.3 is 10.2 Å². The van der Waals surface area contributed by atoms with Gasteiger partial charge in [0.2, 0.25) is 10.1 Å². The maximum absolute atomic E-state index is 5.04. The van der Waals surface area contributed by atoms with Crippen LogP contribution in [-0.2, 0) is 0 Å². The van der Waals surface area contributed by atoms with Crippen molar-refractivity contribution in [3.05, 3.63) is 30.3 Å². The van der Waals surface area contributed by atoms with E-state index >= 15 is 0 Å². The maximum atomic E-state index is 5.04. The minimum Gasteiger partial charge on any atom is -0.365 e. The second kappa shape index (κ2) is 8.94. The standard InChI is InChI=1S/C23H32N6S/c1-2-13-27-14-16-28(17-15-27)23-26-29-21(24-19-11-7-4-8-12-19)20(25-22(29)30-23)18-9-5-3-6-10-18/h3,5-6,9-10,19,24H,2,4,7-8,11-17H2,1H3. The fourth-order valence-electron chi connectivity index (χ4n) is 4.71. The van der Waals surface area contributed by atoms with Crippen LogP contribution in [0.1, 0.15) is 45.4 Å². The van der Waals surface area contributed by atoms with Crippen LogP contribution < -0.4 is 10.2 Å². The Kier molecular flexibility index (Phi) is 5.91. The van der Waals surface area contributed by atoms with Gasteiger partial charge in [0.1, 0.15) is 5.69 Å². The molecule has 160 valence electrons. The van der Waals surface area contributed by atoms with E-state index in [4.69, 9.17) is 10.1 Å². The smallest absolute Gasteiger partial charge is 0.216 e. The highest BCUT2D eigenvalue weighted by atomic mass is 32.1. The number of imidazole rings is 1. The first kappa shape index (κ1) is 19.8. The fourth-order valence-corrected chi connectivity index (χ4v) is 5.67. The Morgan fingerprint density at radius 1 is 1.03 bits per heavy atom. The van der Waals surface area contributed by atoms with Gasteiger partial charge in [-0.25, -0.2) is 4.98 Å². The van der Waals surface area contributed by atoms with Gasteiger partial charge in [-0.1, -0.05) is 67.9 Å². The second-order valence-electron chi connectivity index (χ2n) is 8.56. The van der Waals surface area contributed by atoms with Crippen LogP contribution in [0.3, 0.4) is 0 Å². The summed E-state index contributed by atoms with van der Waals surface area (Å²) >= 11 is 1.72. The summed E-state index contributed by atoms with van der Waals surface area (Å²) in [5.41, 5.74) is 2.18. The number of hydrogen-bond acceptors (Lipinski definition) is 6. The van der Waals surface area contributed by atoms with Crippen molar-refractivity contribution in [1.29, 1.82) is 0 Å². The van der Waals surface area contributed by atoms with Gasteiger partial charge in [0.05, 0.1) is 0 Å². The molecule has 1 N–H and O–H groups in total. The van der Waals surface area contributed by atoms with Crippen molar-refractivity contribution < 1.29 is 0 Å². The number of aromatic nitrogens is 3. The molecular formula is C23H32N6S. The average molecular weight is 425 g/mol. The predicted molar refractivity (Wildman–Crippen MR) is 126 cm³/mol. The summed E-state index contributed by atoms with van der Waals surface area (Å²) in [5.74, 6) is 1.07. The summed E-state index contributed by atoms with van der Waals surface area (Å²) in [6.45, 7) is 7.80. The molecule has 1 saturated carbocycles. The summed E-state index contributed by atoms with van der Waals surface area (Å²) in [6.07, 6.45) is 7.67. The zero-order chi connectivity index (χ0) is 20.3. The molecule has 1 aliphatic carbocycles. The van der Waals surface area contributed by atoms with Gasteiger partial charge in [0, 0.05) is 37.8 Å². The largest absolute Gasteiger partial charge is 0.365 e. The highest BCUT2D eigenvalue weighted by molar-refractivity contribution is 7.20. The first-order valence-corrected chi connectivity index (χ1v) is 12.3. The molecule has 0 radical (unpaired) electrons. The van der Waals surface area contributed by atoms with E-state index in [9.17, 15) is 0 Å². The van der Waals surface area contributed by atoms with Crippen molar-refractivity contribution in [3.63, 3.8) is 0 Å². The zero-order valence-corrected chi connectivity index (χ0v) is 18.7. The number of nitrogens with one attached hydrogen (secondary N) is 1. The fraction of sp³-hybridized carbons (Fsp3) is 0.565. The number of rotatable bonds is 6. The third-order valence-corrected chi connectivity index (χ3v) is 7.34. The van der Waals surface area contributed by atoms with Crippen molar-refractivity contribution >= 4 is 27.2 Å². The van der Waals surface area contributed by atoms with E-state index in [0.29, 0.717) is 6.04 Å².